The van der Waals surface area contributed by atoms with Crippen LogP contribution in [-0.4, -0.2) is 57.5 Å². The number of rotatable bonds is 1. The second-order valence-electron chi connectivity index (χ2n) is 6.01. The number of sulfone groups is 1. The molecule has 0 aliphatic carbocycles. The van der Waals surface area contributed by atoms with Gasteiger partial charge in [-0.15, -0.1) is 0 Å². The molecule has 2 aliphatic heterocycles. The van der Waals surface area contributed by atoms with E-state index in [1.165, 1.54) is 0 Å². The van der Waals surface area contributed by atoms with E-state index in [-0.39, 0.29) is 17.8 Å². The van der Waals surface area contributed by atoms with Gasteiger partial charge in [-0.3, -0.25) is 5.32 Å². The third kappa shape index (κ3) is 2.35. The van der Waals surface area contributed by atoms with Gasteiger partial charge in [-0.25, -0.2) is 18.2 Å². The molecule has 122 valence electrons. The van der Waals surface area contributed by atoms with Gasteiger partial charge in [0.15, 0.2) is 15.5 Å². The number of hydrogen-bond donors (Lipinski definition) is 1. The molecule has 0 radical (unpaired) electrons. The Labute approximate surface area is 133 Å². The van der Waals surface area contributed by atoms with E-state index >= 15 is 0 Å². The average Bonchev–Trinajstić information content (AvgIpc) is 3.02. The Morgan fingerprint density at radius 2 is 2.00 bits per heavy atom. The largest absolute Gasteiger partial charge is 0.323 e. The minimum absolute atomic E-state index is 0.262. The van der Waals surface area contributed by atoms with Gasteiger partial charge in [0.25, 0.3) is 0 Å². The van der Waals surface area contributed by atoms with Crippen LogP contribution in [0.5, 0.6) is 0 Å². The summed E-state index contributed by atoms with van der Waals surface area (Å²) in [6, 6.07) is 3.11. The molecule has 4 rings (SSSR count). The highest BCUT2D eigenvalue weighted by atomic mass is 32.2. The second kappa shape index (κ2) is 5.19. The zero-order chi connectivity index (χ0) is 16.0. The van der Waals surface area contributed by atoms with E-state index in [1.54, 1.807) is 33.9 Å². The SMILES string of the molecule is O=C(Nc1ccnc2ccnn12)N1CCC2CCC(C1)S2(=O)=O. The highest BCUT2D eigenvalue weighted by molar-refractivity contribution is 7.93. The summed E-state index contributed by atoms with van der Waals surface area (Å²) < 4.78 is 26.1. The minimum Gasteiger partial charge on any atom is -0.323 e. The Hall–Kier alpha value is -2.16. The molecule has 2 saturated heterocycles. The highest BCUT2D eigenvalue weighted by Gasteiger charge is 2.44. The van der Waals surface area contributed by atoms with Crippen LogP contribution in [0.25, 0.3) is 5.65 Å². The van der Waals surface area contributed by atoms with Gasteiger partial charge in [-0.05, 0) is 25.3 Å². The summed E-state index contributed by atoms with van der Waals surface area (Å²) in [5.74, 6) is 0.516. The van der Waals surface area contributed by atoms with Crippen LogP contribution >= 0.6 is 0 Å². The Kier molecular flexibility index (Phi) is 3.26. The Balaban J connectivity index is 1.55. The number of aromatic nitrogens is 3. The molecule has 2 bridgehead atoms. The zero-order valence-electron chi connectivity index (χ0n) is 12.4. The standard InChI is InChI=1S/C14H17N5O3S/c20-14(17-13-3-6-15-12-4-7-16-19(12)13)18-8-5-10-1-2-11(9-18)23(10,21)22/h3-4,6-7,10-11H,1-2,5,8-9H2,(H,17,20). The van der Waals surface area contributed by atoms with E-state index in [9.17, 15) is 13.2 Å². The molecule has 0 aromatic carbocycles. The summed E-state index contributed by atoms with van der Waals surface area (Å²) in [4.78, 5) is 18.3. The van der Waals surface area contributed by atoms with E-state index in [2.05, 4.69) is 15.4 Å². The molecule has 2 aliphatic rings. The van der Waals surface area contributed by atoms with Crippen LogP contribution in [0, 0.1) is 0 Å². The van der Waals surface area contributed by atoms with Gasteiger partial charge in [-0.1, -0.05) is 0 Å². The number of likely N-dealkylation sites (tertiary alicyclic amines) is 1. The van der Waals surface area contributed by atoms with Gasteiger partial charge in [0.1, 0.15) is 5.82 Å². The quantitative estimate of drug-likeness (QED) is 0.835. The monoisotopic (exact) mass is 335 g/mol. The van der Waals surface area contributed by atoms with Crippen molar-refractivity contribution >= 4 is 27.3 Å². The molecule has 2 fully saturated rings. The first kappa shape index (κ1) is 14.4. The molecule has 8 nitrogen and oxygen atoms in total. The Bertz CT molecular complexity index is 862. The number of carbonyl (C=O) groups is 1. The molecule has 0 saturated carbocycles. The van der Waals surface area contributed by atoms with Crippen molar-refractivity contribution in [3.05, 3.63) is 24.5 Å². The van der Waals surface area contributed by atoms with E-state index in [1.807, 2.05) is 0 Å². The third-order valence-corrected chi connectivity index (χ3v) is 7.41. The number of fused-ring (bicyclic) bond motifs is 3. The molecule has 2 aromatic rings. The summed E-state index contributed by atoms with van der Waals surface area (Å²) >= 11 is 0. The van der Waals surface area contributed by atoms with Gasteiger partial charge in [0.05, 0.1) is 16.7 Å². The van der Waals surface area contributed by atoms with Gasteiger partial charge in [-0.2, -0.15) is 9.61 Å². The fourth-order valence-corrected chi connectivity index (χ4v) is 5.71. The van der Waals surface area contributed by atoms with Gasteiger partial charge in [0, 0.05) is 25.4 Å². The molecule has 9 heteroatoms. The Morgan fingerprint density at radius 1 is 1.17 bits per heavy atom. The molecular formula is C14H17N5O3S. The number of anilines is 1. The summed E-state index contributed by atoms with van der Waals surface area (Å²) in [5.41, 5.74) is 0.639. The number of urea groups is 1. The molecule has 2 aromatic heterocycles. The van der Waals surface area contributed by atoms with E-state index in [0.29, 0.717) is 30.9 Å². The van der Waals surface area contributed by atoms with Crippen LogP contribution in [0.2, 0.25) is 0 Å². The van der Waals surface area contributed by atoms with Crippen molar-refractivity contribution in [1.29, 1.82) is 0 Å². The lowest BCUT2D eigenvalue weighted by molar-refractivity contribution is 0.209. The maximum atomic E-state index is 12.5. The lowest BCUT2D eigenvalue weighted by atomic mass is 10.1. The van der Waals surface area contributed by atoms with Crippen molar-refractivity contribution in [2.24, 2.45) is 0 Å². The maximum Gasteiger partial charge on any atom is 0.323 e. The lowest BCUT2D eigenvalue weighted by Crippen LogP contribution is -2.40. The maximum absolute atomic E-state index is 12.5. The smallest absolute Gasteiger partial charge is 0.323 e. The first-order valence-electron chi connectivity index (χ1n) is 7.63. The molecule has 4 heterocycles. The van der Waals surface area contributed by atoms with E-state index in [0.717, 1.165) is 6.42 Å². The van der Waals surface area contributed by atoms with Gasteiger partial charge in [0.2, 0.25) is 0 Å². The Morgan fingerprint density at radius 3 is 2.87 bits per heavy atom. The average molecular weight is 335 g/mol. The third-order valence-electron chi connectivity index (χ3n) is 4.70. The van der Waals surface area contributed by atoms with Crippen molar-refractivity contribution in [2.45, 2.75) is 29.8 Å². The molecule has 2 atom stereocenters. The summed E-state index contributed by atoms with van der Waals surface area (Å²) in [6.45, 7) is 0.720. The topological polar surface area (TPSA) is 96.7 Å². The van der Waals surface area contributed by atoms with Crippen LogP contribution in [0.3, 0.4) is 0 Å². The van der Waals surface area contributed by atoms with Crippen molar-refractivity contribution in [3.63, 3.8) is 0 Å². The molecule has 1 N–H and O–H groups in total. The van der Waals surface area contributed by atoms with Crippen molar-refractivity contribution < 1.29 is 13.2 Å². The van der Waals surface area contributed by atoms with E-state index < -0.39 is 15.1 Å². The molecule has 23 heavy (non-hydrogen) atoms. The lowest BCUT2D eigenvalue weighted by Gasteiger charge is -2.24. The molecule has 2 unspecified atom stereocenters. The normalized spacial score (nSPS) is 26.2. The molecule has 2 amide bonds. The first-order chi connectivity index (χ1) is 11.1. The van der Waals surface area contributed by atoms with E-state index in [4.69, 9.17) is 0 Å². The van der Waals surface area contributed by atoms with Crippen molar-refractivity contribution in [2.75, 3.05) is 18.4 Å². The van der Waals surface area contributed by atoms with Crippen LogP contribution in [0.1, 0.15) is 19.3 Å². The second-order valence-corrected chi connectivity index (χ2v) is 8.52. The van der Waals surface area contributed by atoms with Crippen molar-refractivity contribution in [3.8, 4) is 0 Å². The highest BCUT2D eigenvalue weighted by Crippen LogP contribution is 2.33. The number of nitrogens with zero attached hydrogens (tertiary/aromatic N) is 4. The number of carbonyl (C=O) groups excluding carboxylic acids is 1. The predicted molar refractivity (Wildman–Crippen MR) is 83.9 cm³/mol. The number of amides is 2. The van der Waals surface area contributed by atoms with Crippen LogP contribution in [0.4, 0.5) is 10.6 Å². The van der Waals surface area contributed by atoms with Crippen LogP contribution in [-0.2, 0) is 9.84 Å². The van der Waals surface area contributed by atoms with Crippen LogP contribution in [0.15, 0.2) is 24.5 Å². The molecular weight excluding hydrogens is 318 g/mol. The number of nitrogens with one attached hydrogen (secondary N) is 1. The minimum atomic E-state index is -3.08. The zero-order valence-corrected chi connectivity index (χ0v) is 13.2. The first-order valence-corrected chi connectivity index (χ1v) is 9.24. The molecule has 0 spiro atoms. The number of hydrogen-bond acceptors (Lipinski definition) is 5. The van der Waals surface area contributed by atoms with Gasteiger partial charge >= 0.3 is 6.03 Å². The summed E-state index contributed by atoms with van der Waals surface area (Å²) in [6.07, 6.45) is 5.09. The van der Waals surface area contributed by atoms with Gasteiger partial charge < -0.3 is 4.90 Å². The summed E-state index contributed by atoms with van der Waals surface area (Å²) in [7, 11) is -3.08. The fourth-order valence-electron chi connectivity index (χ4n) is 3.42. The van der Waals surface area contributed by atoms with Crippen LogP contribution < -0.4 is 5.32 Å². The van der Waals surface area contributed by atoms with Crippen molar-refractivity contribution in [1.82, 2.24) is 19.5 Å². The predicted octanol–water partition coefficient (Wildman–Crippen LogP) is 0.913. The summed E-state index contributed by atoms with van der Waals surface area (Å²) in [5, 5.41) is 6.21. The fraction of sp³-hybridized carbons (Fsp3) is 0.500.